The number of carbonyl (C=O) groups is 1. The van der Waals surface area contributed by atoms with Gasteiger partial charge < -0.3 is 14.8 Å². The maximum absolute atomic E-state index is 12.2. The molecule has 3 heterocycles. The molecule has 4 rings (SSSR count). The second-order valence-corrected chi connectivity index (χ2v) is 8.18. The molecule has 0 aliphatic carbocycles. The quantitative estimate of drug-likeness (QED) is 0.691. The van der Waals surface area contributed by atoms with Crippen LogP contribution in [0, 0.1) is 6.92 Å². The van der Waals surface area contributed by atoms with Crippen molar-refractivity contribution in [2.45, 2.75) is 26.3 Å². The highest BCUT2D eigenvalue weighted by Crippen LogP contribution is 2.33. The first kappa shape index (κ1) is 17.1. The van der Waals surface area contributed by atoms with Crippen LogP contribution in [-0.4, -0.2) is 17.7 Å². The van der Waals surface area contributed by atoms with E-state index in [0.29, 0.717) is 19.4 Å². The summed E-state index contributed by atoms with van der Waals surface area (Å²) in [6.07, 6.45) is 1.15. The minimum absolute atomic E-state index is 0.0332. The molecule has 0 atom stereocenters. The van der Waals surface area contributed by atoms with Crippen LogP contribution in [-0.2, 0) is 17.8 Å². The third-order valence-corrected chi connectivity index (χ3v) is 5.97. The fourth-order valence-corrected chi connectivity index (χ4v) is 4.57. The third kappa shape index (κ3) is 3.73. The standard InChI is InChI=1S/C19H18N2O3S2/c1-12-21-19(16-3-2-8-25-16)17(26-12)6-7-18(22)20-10-13-4-5-14-15(9-13)24-11-23-14/h2-5,8-9H,6-7,10-11H2,1H3,(H,20,22). The number of thiophene rings is 1. The van der Waals surface area contributed by atoms with Crippen molar-refractivity contribution in [1.29, 1.82) is 0 Å². The fraction of sp³-hybridized carbons (Fsp3) is 0.263. The second kappa shape index (κ2) is 7.47. The summed E-state index contributed by atoms with van der Waals surface area (Å²) >= 11 is 3.34. The summed E-state index contributed by atoms with van der Waals surface area (Å²) in [5, 5.41) is 6.05. The SMILES string of the molecule is Cc1nc(-c2cccs2)c(CCC(=O)NCc2ccc3c(c2)OCO3)s1. The number of nitrogens with one attached hydrogen (secondary N) is 1. The van der Waals surface area contributed by atoms with Gasteiger partial charge in [-0.25, -0.2) is 4.98 Å². The van der Waals surface area contributed by atoms with Crippen molar-refractivity contribution in [2.24, 2.45) is 0 Å². The monoisotopic (exact) mass is 386 g/mol. The van der Waals surface area contributed by atoms with Crippen molar-refractivity contribution in [3.05, 3.63) is 51.2 Å². The summed E-state index contributed by atoms with van der Waals surface area (Å²) in [6.45, 7) is 2.74. The van der Waals surface area contributed by atoms with Crippen LogP contribution in [0.4, 0.5) is 0 Å². The lowest BCUT2D eigenvalue weighted by Crippen LogP contribution is -2.22. The van der Waals surface area contributed by atoms with Crippen molar-refractivity contribution < 1.29 is 14.3 Å². The number of fused-ring (bicyclic) bond motifs is 1. The van der Waals surface area contributed by atoms with Crippen LogP contribution in [0.3, 0.4) is 0 Å². The molecule has 0 fully saturated rings. The van der Waals surface area contributed by atoms with Crippen molar-refractivity contribution in [3.8, 4) is 22.1 Å². The first-order valence-electron chi connectivity index (χ1n) is 8.34. The smallest absolute Gasteiger partial charge is 0.231 e. The highest BCUT2D eigenvalue weighted by Gasteiger charge is 2.15. The van der Waals surface area contributed by atoms with Gasteiger partial charge in [0, 0.05) is 17.8 Å². The lowest BCUT2D eigenvalue weighted by molar-refractivity contribution is -0.121. The molecule has 26 heavy (non-hydrogen) atoms. The van der Waals surface area contributed by atoms with Crippen LogP contribution in [0.5, 0.6) is 11.5 Å². The largest absolute Gasteiger partial charge is 0.454 e. The molecule has 0 saturated carbocycles. The van der Waals surface area contributed by atoms with Gasteiger partial charge in [0.25, 0.3) is 0 Å². The number of benzene rings is 1. The average Bonchev–Trinajstić information content (AvgIpc) is 3.37. The second-order valence-electron chi connectivity index (χ2n) is 5.95. The van der Waals surface area contributed by atoms with E-state index >= 15 is 0 Å². The minimum atomic E-state index is 0.0332. The van der Waals surface area contributed by atoms with Gasteiger partial charge in [-0.1, -0.05) is 12.1 Å². The molecule has 1 aromatic carbocycles. The molecule has 0 bridgehead atoms. The number of aryl methyl sites for hydroxylation is 2. The molecule has 5 nitrogen and oxygen atoms in total. The number of hydrogen-bond acceptors (Lipinski definition) is 6. The van der Waals surface area contributed by atoms with Gasteiger partial charge in [-0.2, -0.15) is 0 Å². The molecule has 7 heteroatoms. The number of ether oxygens (including phenoxy) is 2. The Morgan fingerprint density at radius 3 is 3.00 bits per heavy atom. The zero-order valence-electron chi connectivity index (χ0n) is 14.3. The first-order valence-corrected chi connectivity index (χ1v) is 10.0. The van der Waals surface area contributed by atoms with Crippen LogP contribution < -0.4 is 14.8 Å². The molecule has 3 aromatic rings. The van der Waals surface area contributed by atoms with Crippen LogP contribution >= 0.6 is 22.7 Å². The normalized spacial score (nSPS) is 12.3. The Morgan fingerprint density at radius 2 is 2.15 bits per heavy atom. The van der Waals surface area contributed by atoms with E-state index < -0.39 is 0 Å². The minimum Gasteiger partial charge on any atom is -0.454 e. The zero-order valence-corrected chi connectivity index (χ0v) is 15.9. The van der Waals surface area contributed by atoms with Gasteiger partial charge in [-0.15, -0.1) is 22.7 Å². The van der Waals surface area contributed by atoms with E-state index in [-0.39, 0.29) is 12.7 Å². The van der Waals surface area contributed by atoms with E-state index in [9.17, 15) is 4.79 Å². The fourth-order valence-electron chi connectivity index (χ4n) is 2.81. The Morgan fingerprint density at radius 1 is 1.27 bits per heavy atom. The molecule has 0 spiro atoms. The lowest BCUT2D eigenvalue weighted by atomic mass is 10.2. The van der Waals surface area contributed by atoms with Crippen LogP contribution in [0.2, 0.25) is 0 Å². The summed E-state index contributed by atoms with van der Waals surface area (Å²) in [4.78, 5) is 19.2. The molecule has 1 amide bonds. The van der Waals surface area contributed by atoms with E-state index in [1.165, 1.54) is 4.88 Å². The summed E-state index contributed by atoms with van der Waals surface area (Å²) in [5.74, 6) is 1.52. The van der Waals surface area contributed by atoms with E-state index in [1.54, 1.807) is 22.7 Å². The van der Waals surface area contributed by atoms with Gasteiger partial charge in [-0.3, -0.25) is 4.79 Å². The van der Waals surface area contributed by atoms with Gasteiger partial charge >= 0.3 is 0 Å². The van der Waals surface area contributed by atoms with E-state index in [0.717, 1.165) is 32.6 Å². The Balaban J connectivity index is 1.33. The number of carbonyl (C=O) groups excluding carboxylic acids is 1. The predicted octanol–water partition coefficient (Wildman–Crippen LogP) is 4.16. The lowest BCUT2D eigenvalue weighted by Gasteiger charge is -2.06. The summed E-state index contributed by atoms with van der Waals surface area (Å²) in [7, 11) is 0. The summed E-state index contributed by atoms with van der Waals surface area (Å²) in [6, 6.07) is 9.81. The molecule has 0 saturated heterocycles. The van der Waals surface area contributed by atoms with Gasteiger partial charge in [0.15, 0.2) is 11.5 Å². The Hall–Kier alpha value is -2.38. The first-order chi connectivity index (χ1) is 12.7. The van der Waals surface area contributed by atoms with Gasteiger partial charge in [0.1, 0.15) is 0 Å². The van der Waals surface area contributed by atoms with Gasteiger partial charge in [-0.05, 0) is 42.5 Å². The third-order valence-electron chi connectivity index (χ3n) is 4.06. The molecule has 1 N–H and O–H groups in total. The predicted molar refractivity (Wildman–Crippen MR) is 103 cm³/mol. The van der Waals surface area contributed by atoms with Crippen LogP contribution in [0.25, 0.3) is 10.6 Å². The molecule has 0 unspecified atom stereocenters. The van der Waals surface area contributed by atoms with Gasteiger partial charge in [0.05, 0.1) is 15.6 Å². The zero-order chi connectivity index (χ0) is 17.9. The van der Waals surface area contributed by atoms with E-state index in [4.69, 9.17) is 9.47 Å². The number of aromatic nitrogens is 1. The average molecular weight is 386 g/mol. The van der Waals surface area contributed by atoms with E-state index in [1.807, 2.05) is 36.6 Å². The van der Waals surface area contributed by atoms with Crippen molar-refractivity contribution in [2.75, 3.05) is 6.79 Å². The highest BCUT2D eigenvalue weighted by atomic mass is 32.1. The van der Waals surface area contributed by atoms with Crippen LogP contribution in [0.15, 0.2) is 35.7 Å². The van der Waals surface area contributed by atoms with Crippen molar-refractivity contribution in [3.63, 3.8) is 0 Å². The summed E-state index contributed by atoms with van der Waals surface area (Å²) < 4.78 is 10.7. The van der Waals surface area contributed by atoms with Gasteiger partial charge in [0.2, 0.25) is 12.7 Å². The van der Waals surface area contributed by atoms with Crippen molar-refractivity contribution >= 4 is 28.6 Å². The molecule has 134 valence electrons. The van der Waals surface area contributed by atoms with Crippen molar-refractivity contribution in [1.82, 2.24) is 10.3 Å². The number of amides is 1. The molecule has 1 aliphatic heterocycles. The highest BCUT2D eigenvalue weighted by molar-refractivity contribution is 7.15. The Kier molecular flexibility index (Phi) is 4.90. The number of nitrogens with zero attached hydrogens (tertiary/aromatic N) is 1. The molecule has 0 radical (unpaired) electrons. The molecular weight excluding hydrogens is 368 g/mol. The summed E-state index contributed by atoms with van der Waals surface area (Å²) in [5.41, 5.74) is 2.02. The number of hydrogen-bond donors (Lipinski definition) is 1. The number of rotatable bonds is 6. The molecular formula is C19H18N2O3S2. The molecule has 1 aliphatic rings. The topological polar surface area (TPSA) is 60.5 Å². The Bertz CT molecular complexity index is 919. The number of thiazole rings is 1. The molecule has 2 aromatic heterocycles. The maximum atomic E-state index is 12.2. The van der Waals surface area contributed by atoms with E-state index in [2.05, 4.69) is 16.4 Å². The Labute approximate surface area is 159 Å². The van der Waals surface area contributed by atoms with Crippen LogP contribution in [0.1, 0.15) is 21.9 Å². The maximum Gasteiger partial charge on any atom is 0.231 e.